The van der Waals surface area contributed by atoms with Gasteiger partial charge in [0, 0.05) is 24.2 Å². The molecule has 1 heterocycles. The minimum atomic E-state index is 0.0467. The SMILES string of the molecule is C=C1COC(C(C)(C)C)=C(C(C)(C)C)CN1CCC. The van der Waals surface area contributed by atoms with Crippen LogP contribution >= 0.6 is 0 Å². The first-order chi connectivity index (χ1) is 8.57. The fourth-order valence-corrected chi connectivity index (χ4v) is 2.46. The van der Waals surface area contributed by atoms with E-state index in [4.69, 9.17) is 4.74 Å². The molecule has 1 aliphatic rings. The molecule has 110 valence electrons. The molecule has 0 aromatic carbocycles. The lowest BCUT2D eigenvalue weighted by Crippen LogP contribution is -2.30. The van der Waals surface area contributed by atoms with Crippen molar-refractivity contribution in [2.24, 2.45) is 10.8 Å². The van der Waals surface area contributed by atoms with Crippen LogP contribution in [0.3, 0.4) is 0 Å². The Kier molecular flexibility index (Phi) is 4.76. The summed E-state index contributed by atoms with van der Waals surface area (Å²) in [5.74, 6) is 1.15. The molecule has 0 aliphatic carbocycles. The standard InChI is InChI=1S/C17H31NO/c1-9-10-18-11-14(16(3,4)5)15(17(6,7)8)19-12-13(18)2/h2,9-12H2,1,3-8H3. The summed E-state index contributed by atoms with van der Waals surface area (Å²) >= 11 is 0. The molecule has 0 aromatic heterocycles. The highest BCUT2D eigenvalue weighted by atomic mass is 16.5. The molecule has 0 fully saturated rings. The normalized spacial score (nSPS) is 18.5. The van der Waals surface area contributed by atoms with Gasteiger partial charge in [0.05, 0.1) is 0 Å². The van der Waals surface area contributed by atoms with Crippen molar-refractivity contribution in [3.8, 4) is 0 Å². The number of allylic oxidation sites excluding steroid dienone is 1. The van der Waals surface area contributed by atoms with E-state index in [-0.39, 0.29) is 10.8 Å². The molecule has 0 spiro atoms. The fourth-order valence-electron chi connectivity index (χ4n) is 2.46. The largest absolute Gasteiger partial charge is 0.491 e. The molecule has 0 N–H and O–H groups in total. The van der Waals surface area contributed by atoms with Gasteiger partial charge in [-0.2, -0.15) is 0 Å². The van der Waals surface area contributed by atoms with E-state index < -0.39 is 0 Å². The highest BCUT2D eigenvalue weighted by Gasteiger charge is 2.33. The third kappa shape index (κ3) is 4.02. The van der Waals surface area contributed by atoms with E-state index in [0.717, 1.165) is 31.0 Å². The van der Waals surface area contributed by atoms with Crippen molar-refractivity contribution in [2.45, 2.75) is 54.9 Å². The summed E-state index contributed by atoms with van der Waals surface area (Å²) in [4.78, 5) is 2.37. The van der Waals surface area contributed by atoms with Gasteiger partial charge in [-0.25, -0.2) is 0 Å². The Hall–Kier alpha value is -0.920. The summed E-state index contributed by atoms with van der Waals surface area (Å²) in [6, 6.07) is 0. The van der Waals surface area contributed by atoms with Crippen LogP contribution in [0.2, 0.25) is 0 Å². The van der Waals surface area contributed by atoms with Crippen molar-refractivity contribution in [3.05, 3.63) is 23.6 Å². The van der Waals surface area contributed by atoms with E-state index in [1.165, 1.54) is 5.57 Å². The van der Waals surface area contributed by atoms with Gasteiger partial charge in [-0.3, -0.25) is 0 Å². The topological polar surface area (TPSA) is 12.5 Å². The first kappa shape index (κ1) is 16.1. The molecular weight excluding hydrogens is 234 g/mol. The summed E-state index contributed by atoms with van der Waals surface area (Å²) in [5.41, 5.74) is 2.68. The summed E-state index contributed by atoms with van der Waals surface area (Å²) in [6.45, 7) is 22.5. The Morgan fingerprint density at radius 3 is 2.11 bits per heavy atom. The maximum Gasteiger partial charge on any atom is 0.127 e. The van der Waals surface area contributed by atoms with Gasteiger partial charge in [0.15, 0.2) is 0 Å². The van der Waals surface area contributed by atoms with Crippen LogP contribution in [0.4, 0.5) is 0 Å². The van der Waals surface area contributed by atoms with E-state index in [0.29, 0.717) is 6.61 Å². The van der Waals surface area contributed by atoms with E-state index in [1.54, 1.807) is 0 Å². The average Bonchev–Trinajstić information content (AvgIpc) is 2.38. The summed E-state index contributed by atoms with van der Waals surface area (Å²) in [5, 5.41) is 0. The average molecular weight is 265 g/mol. The quantitative estimate of drug-likeness (QED) is 0.724. The minimum Gasteiger partial charge on any atom is -0.491 e. The number of rotatable bonds is 2. The van der Waals surface area contributed by atoms with E-state index in [2.05, 4.69) is 59.9 Å². The molecule has 0 saturated heterocycles. The number of nitrogens with zero attached hydrogens (tertiary/aromatic N) is 1. The highest BCUT2D eigenvalue weighted by Crippen LogP contribution is 2.39. The van der Waals surface area contributed by atoms with Gasteiger partial charge in [-0.05, 0) is 17.4 Å². The van der Waals surface area contributed by atoms with Gasteiger partial charge < -0.3 is 9.64 Å². The second kappa shape index (κ2) is 5.60. The first-order valence-electron chi connectivity index (χ1n) is 7.37. The van der Waals surface area contributed by atoms with Crippen LogP contribution in [0.25, 0.3) is 0 Å². The zero-order valence-electron chi connectivity index (χ0n) is 13.9. The van der Waals surface area contributed by atoms with Crippen LogP contribution in [-0.2, 0) is 4.74 Å². The minimum absolute atomic E-state index is 0.0467. The van der Waals surface area contributed by atoms with Crippen molar-refractivity contribution in [2.75, 3.05) is 19.7 Å². The van der Waals surface area contributed by atoms with Crippen molar-refractivity contribution in [3.63, 3.8) is 0 Å². The fraction of sp³-hybridized carbons (Fsp3) is 0.765. The molecule has 19 heavy (non-hydrogen) atoms. The molecule has 0 bridgehead atoms. The van der Waals surface area contributed by atoms with E-state index >= 15 is 0 Å². The van der Waals surface area contributed by atoms with Gasteiger partial charge in [0.25, 0.3) is 0 Å². The molecule has 0 aromatic rings. The molecule has 0 radical (unpaired) electrons. The van der Waals surface area contributed by atoms with Crippen LogP contribution in [-0.4, -0.2) is 24.6 Å². The summed E-state index contributed by atoms with van der Waals surface area (Å²) in [6.07, 6.45) is 1.14. The smallest absolute Gasteiger partial charge is 0.127 e. The second-order valence-corrected chi connectivity index (χ2v) is 7.58. The summed E-state index contributed by atoms with van der Waals surface area (Å²) < 4.78 is 6.13. The Bertz CT molecular complexity index is 366. The predicted octanol–water partition coefficient (Wildman–Crippen LogP) is 4.59. The molecule has 0 saturated carbocycles. The predicted molar refractivity (Wildman–Crippen MR) is 82.9 cm³/mol. The Balaban J connectivity index is 3.22. The van der Waals surface area contributed by atoms with Crippen molar-refractivity contribution >= 4 is 0 Å². The van der Waals surface area contributed by atoms with Crippen LogP contribution in [0.15, 0.2) is 23.6 Å². The van der Waals surface area contributed by atoms with Crippen LogP contribution in [0, 0.1) is 10.8 Å². The maximum absolute atomic E-state index is 6.13. The van der Waals surface area contributed by atoms with Gasteiger partial charge in [-0.1, -0.05) is 55.0 Å². The number of ether oxygens (including phenoxy) is 1. The summed E-state index contributed by atoms with van der Waals surface area (Å²) in [7, 11) is 0. The molecule has 0 amide bonds. The lowest BCUT2D eigenvalue weighted by atomic mass is 9.79. The number of hydrogen-bond donors (Lipinski definition) is 0. The van der Waals surface area contributed by atoms with Gasteiger partial charge >= 0.3 is 0 Å². The third-order valence-electron chi connectivity index (χ3n) is 3.53. The number of hydrogen-bond acceptors (Lipinski definition) is 2. The lowest BCUT2D eigenvalue weighted by molar-refractivity contribution is 0.158. The van der Waals surface area contributed by atoms with E-state index in [1.807, 2.05) is 0 Å². The van der Waals surface area contributed by atoms with Crippen molar-refractivity contribution in [1.82, 2.24) is 4.90 Å². The van der Waals surface area contributed by atoms with Crippen LogP contribution < -0.4 is 0 Å². The van der Waals surface area contributed by atoms with Gasteiger partial charge in [0.2, 0.25) is 0 Å². The molecule has 2 nitrogen and oxygen atoms in total. The molecule has 1 rings (SSSR count). The molecule has 2 heteroatoms. The lowest BCUT2D eigenvalue weighted by Gasteiger charge is -2.33. The van der Waals surface area contributed by atoms with Crippen LogP contribution in [0.1, 0.15) is 54.9 Å². The van der Waals surface area contributed by atoms with E-state index in [9.17, 15) is 0 Å². The maximum atomic E-state index is 6.13. The van der Waals surface area contributed by atoms with Gasteiger partial charge in [-0.15, -0.1) is 0 Å². The molecule has 0 atom stereocenters. The zero-order valence-corrected chi connectivity index (χ0v) is 13.9. The second-order valence-electron chi connectivity index (χ2n) is 7.58. The molecule has 1 aliphatic heterocycles. The Labute approximate surface area is 119 Å². The Morgan fingerprint density at radius 1 is 1.11 bits per heavy atom. The monoisotopic (exact) mass is 265 g/mol. The van der Waals surface area contributed by atoms with Crippen molar-refractivity contribution in [1.29, 1.82) is 0 Å². The molecule has 0 unspecified atom stereocenters. The van der Waals surface area contributed by atoms with Gasteiger partial charge in [0.1, 0.15) is 12.4 Å². The zero-order chi connectivity index (χ0) is 14.8. The van der Waals surface area contributed by atoms with Crippen LogP contribution in [0.5, 0.6) is 0 Å². The Morgan fingerprint density at radius 2 is 1.68 bits per heavy atom. The molecular formula is C17H31NO. The highest BCUT2D eigenvalue weighted by molar-refractivity contribution is 5.25. The first-order valence-corrected chi connectivity index (χ1v) is 7.37. The van der Waals surface area contributed by atoms with Crippen molar-refractivity contribution < 1.29 is 4.74 Å². The third-order valence-corrected chi connectivity index (χ3v) is 3.53.